The van der Waals surface area contributed by atoms with Crippen molar-refractivity contribution in [3.8, 4) is 11.5 Å². The second-order valence-electron chi connectivity index (χ2n) is 4.44. The molecular weight excluding hydrogens is 292 g/mol. The fourth-order valence-electron chi connectivity index (χ4n) is 1.85. The lowest BCUT2D eigenvalue weighted by Gasteiger charge is -2.08. The standard InChI is InChI=1S/C16H15F2NO3/c1-21-14-4-2-3-11(9-14)10-19-15(20)12-5-7-13(8-6-12)22-16(17)18/h2-9,16H,10H2,1H3,(H,19,20). The van der Waals surface area contributed by atoms with Crippen LogP contribution < -0.4 is 14.8 Å². The minimum absolute atomic E-state index is 0.0133. The maximum Gasteiger partial charge on any atom is 0.387 e. The normalized spacial score (nSPS) is 10.4. The molecule has 6 heteroatoms. The van der Waals surface area contributed by atoms with Gasteiger partial charge in [-0.2, -0.15) is 8.78 Å². The summed E-state index contributed by atoms with van der Waals surface area (Å²) in [6, 6.07) is 12.8. The van der Waals surface area contributed by atoms with E-state index in [1.807, 2.05) is 24.3 Å². The van der Waals surface area contributed by atoms with Crippen molar-refractivity contribution in [2.24, 2.45) is 0 Å². The smallest absolute Gasteiger partial charge is 0.387 e. The van der Waals surface area contributed by atoms with Crippen LogP contribution in [0.1, 0.15) is 15.9 Å². The fourth-order valence-corrected chi connectivity index (χ4v) is 1.85. The van der Waals surface area contributed by atoms with Crippen LogP contribution in [0.5, 0.6) is 11.5 Å². The van der Waals surface area contributed by atoms with Crippen LogP contribution in [0.15, 0.2) is 48.5 Å². The first-order chi connectivity index (χ1) is 10.6. The number of nitrogens with one attached hydrogen (secondary N) is 1. The van der Waals surface area contributed by atoms with Crippen LogP contribution in [-0.2, 0) is 6.54 Å². The Balaban J connectivity index is 1.94. The molecule has 0 fully saturated rings. The van der Waals surface area contributed by atoms with E-state index in [-0.39, 0.29) is 11.7 Å². The first kappa shape index (κ1) is 15.8. The summed E-state index contributed by atoms with van der Waals surface area (Å²) in [6.45, 7) is -2.54. The number of hydrogen-bond acceptors (Lipinski definition) is 3. The van der Waals surface area contributed by atoms with Gasteiger partial charge in [-0.1, -0.05) is 12.1 Å². The fraction of sp³-hybridized carbons (Fsp3) is 0.188. The van der Waals surface area contributed by atoms with E-state index in [1.54, 1.807) is 7.11 Å². The molecule has 0 atom stereocenters. The Morgan fingerprint density at radius 3 is 2.50 bits per heavy atom. The Labute approximate surface area is 126 Å². The molecule has 1 amide bonds. The highest BCUT2D eigenvalue weighted by Gasteiger charge is 2.08. The Bertz CT molecular complexity index is 630. The van der Waals surface area contributed by atoms with E-state index in [9.17, 15) is 13.6 Å². The maximum absolute atomic E-state index is 12.0. The minimum atomic E-state index is -2.88. The molecule has 0 saturated heterocycles. The van der Waals surface area contributed by atoms with E-state index in [2.05, 4.69) is 10.1 Å². The zero-order chi connectivity index (χ0) is 15.9. The molecule has 0 aliphatic heterocycles. The third-order valence-electron chi connectivity index (χ3n) is 2.93. The molecule has 1 N–H and O–H groups in total. The van der Waals surface area contributed by atoms with Crippen molar-refractivity contribution >= 4 is 5.91 Å². The Morgan fingerprint density at radius 2 is 1.86 bits per heavy atom. The van der Waals surface area contributed by atoms with Crippen LogP contribution in [-0.4, -0.2) is 19.6 Å². The molecule has 0 aliphatic carbocycles. The zero-order valence-electron chi connectivity index (χ0n) is 11.9. The number of ether oxygens (including phenoxy) is 2. The average Bonchev–Trinajstić information content (AvgIpc) is 2.53. The van der Waals surface area contributed by atoms with Crippen molar-refractivity contribution in [1.29, 1.82) is 0 Å². The second-order valence-corrected chi connectivity index (χ2v) is 4.44. The molecule has 0 aliphatic rings. The third kappa shape index (κ3) is 4.44. The number of halogens is 2. The molecule has 2 aromatic rings. The summed E-state index contributed by atoms with van der Waals surface area (Å²) in [5.41, 5.74) is 1.26. The van der Waals surface area contributed by atoms with Gasteiger partial charge >= 0.3 is 6.61 Å². The van der Waals surface area contributed by atoms with Crippen LogP contribution in [0.2, 0.25) is 0 Å². The molecule has 0 saturated carbocycles. The van der Waals surface area contributed by atoms with E-state index >= 15 is 0 Å². The number of carbonyl (C=O) groups is 1. The van der Waals surface area contributed by atoms with E-state index in [4.69, 9.17) is 4.74 Å². The molecule has 0 unspecified atom stereocenters. The van der Waals surface area contributed by atoms with Gasteiger partial charge in [-0.05, 0) is 42.0 Å². The first-order valence-corrected chi connectivity index (χ1v) is 6.54. The molecule has 0 bridgehead atoms. The third-order valence-corrected chi connectivity index (χ3v) is 2.93. The molecule has 0 aromatic heterocycles. The van der Waals surface area contributed by atoms with Gasteiger partial charge in [0.05, 0.1) is 7.11 Å². The first-order valence-electron chi connectivity index (χ1n) is 6.54. The van der Waals surface area contributed by atoms with Crippen LogP contribution in [0, 0.1) is 0 Å². The number of amides is 1. The highest BCUT2D eigenvalue weighted by Crippen LogP contribution is 2.15. The molecule has 0 spiro atoms. The monoisotopic (exact) mass is 307 g/mol. The lowest BCUT2D eigenvalue weighted by molar-refractivity contribution is -0.0498. The second kappa shape index (κ2) is 7.40. The molecule has 2 aromatic carbocycles. The highest BCUT2D eigenvalue weighted by molar-refractivity contribution is 5.94. The van der Waals surface area contributed by atoms with Gasteiger partial charge in [-0.15, -0.1) is 0 Å². The van der Waals surface area contributed by atoms with Gasteiger partial charge < -0.3 is 14.8 Å². The number of methoxy groups -OCH3 is 1. The van der Waals surface area contributed by atoms with Gasteiger partial charge in [0.15, 0.2) is 0 Å². The minimum Gasteiger partial charge on any atom is -0.497 e. The SMILES string of the molecule is COc1cccc(CNC(=O)c2ccc(OC(F)F)cc2)c1. The number of carbonyl (C=O) groups excluding carboxylic acids is 1. The Hall–Kier alpha value is -2.63. The molecule has 22 heavy (non-hydrogen) atoms. The predicted octanol–water partition coefficient (Wildman–Crippen LogP) is 3.23. The van der Waals surface area contributed by atoms with Gasteiger partial charge in [0, 0.05) is 12.1 Å². The highest BCUT2D eigenvalue weighted by atomic mass is 19.3. The van der Waals surface area contributed by atoms with E-state index in [0.29, 0.717) is 17.9 Å². The summed E-state index contributed by atoms with van der Waals surface area (Å²) in [6.07, 6.45) is 0. The van der Waals surface area contributed by atoms with Crippen molar-refractivity contribution < 1.29 is 23.0 Å². The van der Waals surface area contributed by atoms with Crippen molar-refractivity contribution in [2.75, 3.05) is 7.11 Å². The summed E-state index contributed by atoms with van der Waals surface area (Å²) in [5, 5.41) is 2.74. The average molecular weight is 307 g/mol. The summed E-state index contributed by atoms with van der Waals surface area (Å²) < 4.78 is 33.4. The summed E-state index contributed by atoms with van der Waals surface area (Å²) >= 11 is 0. The van der Waals surface area contributed by atoms with E-state index in [1.165, 1.54) is 24.3 Å². The Kier molecular flexibility index (Phi) is 5.30. The van der Waals surface area contributed by atoms with Gasteiger partial charge in [-0.25, -0.2) is 0 Å². The van der Waals surface area contributed by atoms with Crippen molar-refractivity contribution in [3.63, 3.8) is 0 Å². The molecule has 2 rings (SSSR count). The number of rotatable bonds is 6. The molecule has 116 valence electrons. The van der Waals surface area contributed by atoms with Crippen LogP contribution >= 0.6 is 0 Å². The van der Waals surface area contributed by atoms with Gasteiger partial charge in [0.2, 0.25) is 0 Å². The lowest BCUT2D eigenvalue weighted by Crippen LogP contribution is -2.22. The number of alkyl halides is 2. The van der Waals surface area contributed by atoms with Crippen molar-refractivity contribution in [1.82, 2.24) is 5.32 Å². The van der Waals surface area contributed by atoms with Crippen LogP contribution in [0.4, 0.5) is 8.78 Å². The quantitative estimate of drug-likeness (QED) is 0.891. The van der Waals surface area contributed by atoms with Gasteiger partial charge in [0.25, 0.3) is 5.91 Å². The Morgan fingerprint density at radius 1 is 1.14 bits per heavy atom. The van der Waals surface area contributed by atoms with E-state index < -0.39 is 6.61 Å². The molecule has 0 heterocycles. The zero-order valence-corrected chi connectivity index (χ0v) is 11.9. The molecule has 0 radical (unpaired) electrons. The lowest BCUT2D eigenvalue weighted by atomic mass is 10.2. The van der Waals surface area contributed by atoms with Crippen molar-refractivity contribution in [3.05, 3.63) is 59.7 Å². The topological polar surface area (TPSA) is 47.6 Å². The van der Waals surface area contributed by atoms with Gasteiger partial charge in [0.1, 0.15) is 11.5 Å². The van der Waals surface area contributed by atoms with Crippen molar-refractivity contribution in [2.45, 2.75) is 13.2 Å². The molecular formula is C16H15F2NO3. The van der Waals surface area contributed by atoms with E-state index in [0.717, 1.165) is 5.56 Å². The van der Waals surface area contributed by atoms with Crippen LogP contribution in [0.3, 0.4) is 0 Å². The summed E-state index contributed by atoms with van der Waals surface area (Å²) in [7, 11) is 1.57. The summed E-state index contributed by atoms with van der Waals surface area (Å²) in [4.78, 5) is 12.0. The molecule has 4 nitrogen and oxygen atoms in total. The summed E-state index contributed by atoms with van der Waals surface area (Å²) in [5.74, 6) is 0.422. The van der Waals surface area contributed by atoms with Crippen LogP contribution in [0.25, 0.3) is 0 Å². The predicted molar refractivity (Wildman–Crippen MR) is 77.2 cm³/mol. The largest absolute Gasteiger partial charge is 0.497 e. The van der Waals surface area contributed by atoms with Gasteiger partial charge in [-0.3, -0.25) is 4.79 Å². The number of benzene rings is 2. The number of hydrogen-bond donors (Lipinski definition) is 1. The maximum atomic E-state index is 12.0.